The molecular weight excluding hydrogens is 192 g/mol. The van der Waals surface area contributed by atoms with E-state index in [1.807, 2.05) is 0 Å². The molecule has 2 fully saturated rings. The van der Waals surface area contributed by atoms with Crippen molar-refractivity contribution in [1.29, 1.82) is 0 Å². The highest BCUT2D eigenvalue weighted by molar-refractivity contribution is 5.82. The van der Waals surface area contributed by atoms with Crippen LogP contribution in [0.3, 0.4) is 0 Å². The quantitative estimate of drug-likeness (QED) is 0.622. The second-order valence-electron chi connectivity index (χ2n) is 4.77. The zero-order valence-corrected chi connectivity index (χ0v) is 9.20. The Morgan fingerprint density at radius 3 is 2.87 bits per heavy atom. The second kappa shape index (κ2) is 4.33. The Bertz CT molecular complexity index is 272. The van der Waals surface area contributed by atoms with E-state index < -0.39 is 0 Å². The number of ketones is 1. The van der Waals surface area contributed by atoms with Gasteiger partial charge in [0.1, 0.15) is 11.9 Å². The second-order valence-corrected chi connectivity index (χ2v) is 4.77. The highest BCUT2D eigenvalue weighted by atomic mass is 16.5. The normalized spacial score (nSPS) is 35.8. The molecule has 0 N–H and O–H groups in total. The summed E-state index contributed by atoms with van der Waals surface area (Å²) >= 11 is 0. The SMILES string of the molecule is CC(=O)OC1CCC2CCCC(=O)C2C1. The van der Waals surface area contributed by atoms with Crippen molar-refractivity contribution >= 4 is 11.8 Å². The molecule has 0 amide bonds. The Morgan fingerprint density at radius 1 is 1.33 bits per heavy atom. The molecular formula is C12H18O3. The van der Waals surface area contributed by atoms with Crippen LogP contribution < -0.4 is 0 Å². The number of esters is 1. The lowest BCUT2D eigenvalue weighted by Gasteiger charge is -2.37. The summed E-state index contributed by atoms with van der Waals surface area (Å²) in [6.45, 7) is 1.44. The van der Waals surface area contributed by atoms with Crippen LogP contribution in [0.1, 0.15) is 45.4 Å². The van der Waals surface area contributed by atoms with Gasteiger partial charge in [-0.3, -0.25) is 9.59 Å². The molecule has 0 aliphatic heterocycles. The maximum Gasteiger partial charge on any atom is 0.302 e. The van der Waals surface area contributed by atoms with Crippen LogP contribution in [0, 0.1) is 11.8 Å². The summed E-state index contributed by atoms with van der Waals surface area (Å²) in [4.78, 5) is 22.6. The number of Topliss-reactive ketones (excluding diaryl/α,β-unsaturated/α-hetero) is 1. The Kier molecular flexibility index (Phi) is 3.08. The molecule has 2 saturated carbocycles. The lowest BCUT2D eigenvalue weighted by molar-refractivity contribution is -0.151. The van der Waals surface area contributed by atoms with E-state index in [1.54, 1.807) is 0 Å². The summed E-state index contributed by atoms with van der Waals surface area (Å²) in [7, 11) is 0. The molecule has 0 spiro atoms. The van der Waals surface area contributed by atoms with E-state index in [4.69, 9.17) is 4.74 Å². The van der Waals surface area contributed by atoms with Crippen LogP contribution in [0.4, 0.5) is 0 Å². The van der Waals surface area contributed by atoms with E-state index >= 15 is 0 Å². The van der Waals surface area contributed by atoms with Gasteiger partial charge in [0.05, 0.1) is 0 Å². The van der Waals surface area contributed by atoms with Gasteiger partial charge in [-0.2, -0.15) is 0 Å². The third-order valence-electron chi connectivity index (χ3n) is 3.69. The van der Waals surface area contributed by atoms with Crippen LogP contribution in [-0.4, -0.2) is 17.9 Å². The molecule has 3 nitrogen and oxygen atoms in total. The van der Waals surface area contributed by atoms with Gasteiger partial charge in [0.2, 0.25) is 0 Å². The average molecular weight is 210 g/mol. The minimum Gasteiger partial charge on any atom is -0.463 e. The maximum absolute atomic E-state index is 11.7. The van der Waals surface area contributed by atoms with Gasteiger partial charge in [-0.05, 0) is 38.0 Å². The minimum atomic E-state index is -0.221. The molecule has 0 heterocycles. The Balaban J connectivity index is 1.96. The summed E-state index contributed by atoms with van der Waals surface area (Å²) < 4.78 is 5.20. The molecule has 15 heavy (non-hydrogen) atoms. The molecule has 0 aromatic carbocycles. The number of carbonyl (C=O) groups is 2. The van der Waals surface area contributed by atoms with Crippen molar-refractivity contribution in [2.75, 3.05) is 0 Å². The van der Waals surface area contributed by atoms with Gasteiger partial charge < -0.3 is 4.74 Å². The molecule has 0 saturated heterocycles. The van der Waals surface area contributed by atoms with Crippen LogP contribution >= 0.6 is 0 Å². The third kappa shape index (κ3) is 2.39. The van der Waals surface area contributed by atoms with Gasteiger partial charge in [0, 0.05) is 19.3 Å². The number of fused-ring (bicyclic) bond motifs is 1. The molecule has 3 atom stereocenters. The first-order valence-corrected chi connectivity index (χ1v) is 5.86. The predicted octanol–water partition coefficient (Wildman–Crippen LogP) is 2.09. The monoisotopic (exact) mass is 210 g/mol. The van der Waals surface area contributed by atoms with Gasteiger partial charge in [0.15, 0.2) is 0 Å². The summed E-state index contributed by atoms with van der Waals surface area (Å²) in [5, 5.41) is 0. The largest absolute Gasteiger partial charge is 0.463 e. The van der Waals surface area contributed by atoms with E-state index in [0.29, 0.717) is 11.7 Å². The first-order chi connectivity index (χ1) is 7.16. The third-order valence-corrected chi connectivity index (χ3v) is 3.69. The Labute approximate surface area is 90.2 Å². The summed E-state index contributed by atoms with van der Waals surface area (Å²) in [6.07, 6.45) is 5.71. The Morgan fingerprint density at radius 2 is 2.13 bits per heavy atom. The zero-order valence-electron chi connectivity index (χ0n) is 9.20. The van der Waals surface area contributed by atoms with E-state index in [0.717, 1.165) is 32.1 Å². The van der Waals surface area contributed by atoms with Crippen LogP contribution in [-0.2, 0) is 14.3 Å². The van der Waals surface area contributed by atoms with Crippen molar-refractivity contribution in [1.82, 2.24) is 0 Å². The fourth-order valence-corrected chi connectivity index (χ4v) is 3.00. The van der Waals surface area contributed by atoms with Crippen LogP contribution in [0.2, 0.25) is 0 Å². The molecule has 0 aromatic rings. The van der Waals surface area contributed by atoms with Gasteiger partial charge in [-0.15, -0.1) is 0 Å². The molecule has 84 valence electrons. The van der Waals surface area contributed by atoms with Crippen LogP contribution in [0.25, 0.3) is 0 Å². The van der Waals surface area contributed by atoms with Crippen molar-refractivity contribution < 1.29 is 14.3 Å². The highest BCUT2D eigenvalue weighted by Crippen LogP contribution is 2.39. The highest BCUT2D eigenvalue weighted by Gasteiger charge is 2.38. The number of rotatable bonds is 1. The lowest BCUT2D eigenvalue weighted by Crippen LogP contribution is -2.37. The van der Waals surface area contributed by atoms with Crippen molar-refractivity contribution in [3.63, 3.8) is 0 Å². The number of carbonyl (C=O) groups excluding carboxylic acids is 2. The molecule has 3 heteroatoms. The van der Waals surface area contributed by atoms with E-state index in [2.05, 4.69) is 0 Å². The van der Waals surface area contributed by atoms with Gasteiger partial charge in [-0.1, -0.05) is 0 Å². The molecule has 0 radical (unpaired) electrons. The summed E-state index contributed by atoms with van der Waals surface area (Å²) in [5.74, 6) is 0.916. The standard InChI is InChI=1S/C12H18O3/c1-8(13)15-10-6-5-9-3-2-4-12(14)11(9)7-10/h9-11H,2-7H2,1H3. The molecule has 0 bridgehead atoms. The molecule has 2 aliphatic carbocycles. The van der Waals surface area contributed by atoms with Crippen LogP contribution in [0.15, 0.2) is 0 Å². The molecule has 3 unspecified atom stereocenters. The molecule has 2 rings (SSSR count). The molecule has 2 aliphatic rings. The zero-order chi connectivity index (χ0) is 10.8. The topological polar surface area (TPSA) is 43.4 Å². The van der Waals surface area contributed by atoms with E-state index in [-0.39, 0.29) is 18.0 Å². The number of ether oxygens (including phenoxy) is 1. The van der Waals surface area contributed by atoms with Gasteiger partial charge >= 0.3 is 5.97 Å². The minimum absolute atomic E-state index is 0.00852. The van der Waals surface area contributed by atoms with Gasteiger partial charge in [-0.25, -0.2) is 0 Å². The first kappa shape index (κ1) is 10.7. The number of hydrogen-bond donors (Lipinski definition) is 0. The first-order valence-electron chi connectivity index (χ1n) is 5.86. The Hall–Kier alpha value is -0.860. The summed E-state index contributed by atoms with van der Waals surface area (Å²) in [5.41, 5.74) is 0. The smallest absolute Gasteiger partial charge is 0.302 e. The van der Waals surface area contributed by atoms with Crippen molar-refractivity contribution in [3.05, 3.63) is 0 Å². The predicted molar refractivity (Wildman–Crippen MR) is 55.2 cm³/mol. The van der Waals surface area contributed by atoms with E-state index in [9.17, 15) is 9.59 Å². The van der Waals surface area contributed by atoms with Crippen molar-refractivity contribution in [3.8, 4) is 0 Å². The van der Waals surface area contributed by atoms with E-state index in [1.165, 1.54) is 13.3 Å². The summed E-state index contributed by atoms with van der Waals surface area (Å²) in [6, 6.07) is 0. The van der Waals surface area contributed by atoms with Crippen LogP contribution in [0.5, 0.6) is 0 Å². The maximum atomic E-state index is 11.7. The van der Waals surface area contributed by atoms with Crippen molar-refractivity contribution in [2.24, 2.45) is 11.8 Å². The fraction of sp³-hybridized carbons (Fsp3) is 0.833. The average Bonchev–Trinajstić information content (AvgIpc) is 2.18. The van der Waals surface area contributed by atoms with Gasteiger partial charge in [0.25, 0.3) is 0 Å². The number of hydrogen-bond acceptors (Lipinski definition) is 3. The fourth-order valence-electron chi connectivity index (χ4n) is 3.00. The molecule has 0 aromatic heterocycles. The van der Waals surface area contributed by atoms with Crippen molar-refractivity contribution in [2.45, 2.75) is 51.6 Å². The lowest BCUT2D eigenvalue weighted by atomic mass is 9.69.